The Kier molecular flexibility index (Phi) is 6.39. The fraction of sp³-hybridized carbons (Fsp3) is 0.207. The summed E-state index contributed by atoms with van der Waals surface area (Å²) in [5.74, 6) is 0.637. The SMILES string of the molecule is Cc1ccc(NC(=O)c2ccc(C(C)Br)cc2)cc1-c1ccc2cc(NC(=O)C3CC3)ncc2c1. The third kappa shape index (κ3) is 5.28. The molecule has 35 heavy (non-hydrogen) atoms. The Bertz CT molecular complexity index is 1430. The third-order valence-electron chi connectivity index (χ3n) is 6.36. The number of hydrogen-bond donors (Lipinski definition) is 2. The van der Waals surface area contributed by atoms with Crippen LogP contribution in [0.5, 0.6) is 0 Å². The highest BCUT2D eigenvalue weighted by molar-refractivity contribution is 9.09. The van der Waals surface area contributed by atoms with Crippen molar-refractivity contribution in [3.8, 4) is 11.1 Å². The van der Waals surface area contributed by atoms with E-state index in [0.29, 0.717) is 11.4 Å². The molecule has 1 aliphatic rings. The van der Waals surface area contributed by atoms with E-state index in [-0.39, 0.29) is 22.6 Å². The van der Waals surface area contributed by atoms with Gasteiger partial charge in [0.1, 0.15) is 5.82 Å². The van der Waals surface area contributed by atoms with Crippen molar-refractivity contribution in [3.63, 3.8) is 0 Å². The Labute approximate surface area is 213 Å². The van der Waals surface area contributed by atoms with E-state index in [2.05, 4.69) is 57.5 Å². The van der Waals surface area contributed by atoms with E-state index in [0.717, 1.165) is 51.6 Å². The molecule has 1 aromatic heterocycles. The highest BCUT2D eigenvalue weighted by Crippen LogP contribution is 2.32. The quantitative estimate of drug-likeness (QED) is 0.259. The van der Waals surface area contributed by atoms with Gasteiger partial charge in [-0.05, 0) is 90.7 Å². The number of halogens is 1. The number of alkyl halides is 1. The van der Waals surface area contributed by atoms with Gasteiger partial charge >= 0.3 is 0 Å². The fourth-order valence-electron chi connectivity index (χ4n) is 4.07. The molecule has 0 aliphatic heterocycles. The number of hydrogen-bond acceptors (Lipinski definition) is 3. The number of nitrogens with zero attached hydrogens (tertiary/aromatic N) is 1. The maximum Gasteiger partial charge on any atom is 0.255 e. The number of nitrogens with one attached hydrogen (secondary N) is 2. The molecule has 0 bridgehead atoms. The summed E-state index contributed by atoms with van der Waals surface area (Å²) in [7, 11) is 0. The van der Waals surface area contributed by atoms with E-state index in [4.69, 9.17) is 0 Å². The highest BCUT2D eigenvalue weighted by Gasteiger charge is 2.29. The van der Waals surface area contributed by atoms with Gasteiger partial charge in [0.15, 0.2) is 0 Å². The maximum atomic E-state index is 12.8. The van der Waals surface area contributed by atoms with E-state index in [9.17, 15) is 9.59 Å². The molecule has 1 fully saturated rings. The average Bonchev–Trinajstić information content (AvgIpc) is 3.71. The Morgan fingerprint density at radius 3 is 2.43 bits per heavy atom. The van der Waals surface area contributed by atoms with E-state index in [1.165, 1.54) is 0 Å². The summed E-state index contributed by atoms with van der Waals surface area (Å²) in [4.78, 5) is 29.5. The number of carbonyl (C=O) groups excluding carboxylic acids is 2. The second-order valence-corrected chi connectivity index (χ2v) is 10.5. The molecule has 4 aromatic rings. The maximum absolute atomic E-state index is 12.8. The lowest BCUT2D eigenvalue weighted by Gasteiger charge is -2.12. The number of carbonyl (C=O) groups is 2. The number of aryl methyl sites for hydroxylation is 1. The number of rotatable bonds is 6. The molecule has 1 saturated carbocycles. The first kappa shape index (κ1) is 23.2. The minimum absolute atomic E-state index is 0.0524. The second kappa shape index (κ2) is 9.62. The summed E-state index contributed by atoms with van der Waals surface area (Å²) in [5.41, 5.74) is 5.68. The van der Waals surface area contributed by atoms with Crippen LogP contribution in [0.25, 0.3) is 21.9 Å². The van der Waals surface area contributed by atoms with Crippen molar-refractivity contribution < 1.29 is 9.59 Å². The molecule has 176 valence electrons. The summed E-state index contributed by atoms with van der Waals surface area (Å²) in [6.07, 6.45) is 3.72. The standard InChI is InChI=1S/C29H26BrN3O2/c1-17-3-12-25(32-28(34)20-6-4-19(5-7-20)18(2)30)15-26(17)23-11-10-22-14-27(31-16-24(22)13-23)33-29(35)21-8-9-21/h3-7,10-16,18,21H,8-9H2,1-2H3,(H,32,34)(H,31,33,35). The van der Waals surface area contributed by atoms with Crippen LogP contribution in [0.4, 0.5) is 11.5 Å². The van der Waals surface area contributed by atoms with Crippen molar-refractivity contribution in [1.82, 2.24) is 4.98 Å². The topological polar surface area (TPSA) is 71.1 Å². The van der Waals surface area contributed by atoms with Gasteiger partial charge in [0.05, 0.1) is 0 Å². The van der Waals surface area contributed by atoms with Crippen molar-refractivity contribution in [3.05, 3.63) is 89.6 Å². The van der Waals surface area contributed by atoms with Gasteiger partial charge in [0.2, 0.25) is 5.91 Å². The van der Waals surface area contributed by atoms with E-state index >= 15 is 0 Å². The predicted molar refractivity (Wildman–Crippen MR) is 145 cm³/mol. The Hall–Kier alpha value is -3.51. The smallest absolute Gasteiger partial charge is 0.255 e. The molecular formula is C29H26BrN3O2. The summed E-state index contributed by atoms with van der Waals surface area (Å²) < 4.78 is 0. The molecule has 3 aromatic carbocycles. The van der Waals surface area contributed by atoms with Gasteiger partial charge in [0.25, 0.3) is 5.91 Å². The van der Waals surface area contributed by atoms with Gasteiger partial charge in [-0.25, -0.2) is 4.98 Å². The Morgan fingerprint density at radius 2 is 1.71 bits per heavy atom. The zero-order chi connectivity index (χ0) is 24.5. The first-order valence-corrected chi connectivity index (χ1v) is 12.7. The zero-order valence-corrected chi connectivity index (χ0v) is 21.2. The largest absolute Gasteiger partial charge is 0.322 e. The second-order valence-electron chi connectivity index (χ2n) is 9.12. The molecular weight excluding hydrogens is 502 g/mol. The summed E-state index contributed by atoms with van der Waals surface area (Å²) in [5, 5.41) is 7.92. The molecule has 5 rings (SSSR count). The normalized spacial score (nSPS) is 13.9. The molecule has 1 heterocycles. The van der Waals surface area contributed by atoms with E-state index in [1.807, 2.05) is 54.6 Å². The predicted octanol–water partition coefficient (Wildman–Crippen LogP) is 7.27. The number of amides is 2. The number of anilines is 2. The lowest BCUT2D eigenvalue weighted by atomic mass is 9.97. The first-order chi connectivity index (χ1) is 16.9. The van der Waals surface area contributed by atoms with Crippen LogP contribution in [0.3, 0.4) is 0 Å². The van der Waals surface area contributed by atoms with Crippen LogP contribution in [0.15, 0.2) is 72.9 Å². The van der Waals surface area contributed by atoms with Crippen molar-refractivity contribution in [1.29, 1.82) is 0 Å². The van der Waals surface area contributed by atoms with Gasteiger partial charge < -0.3 is 10.6 Å². The first-order valence-electron chi connectivity index (χ1n) is 11.7. The van der Waals surface area contributed by atoms with Gasteiger partial charge in [-0.15, -0.1) is 0 Å². The van der Waals surface area contributed by atoms with Gasteiger partial charge in [-0.2, -0.15) is 0 Å². The van der Waals surface area contributed by atoms with Crippen molar-refractivity contribution in [2.24, 2.45) is 5.92 Å². The molecule has 5 nitrogen and oxygen atoms in total. The number of pyridine rings is 1. The molecule has 0 radical (unpaired) electrons. The van der Waals surface area contributed by atoms with E-state index < -0.39 is 0 Å². The molecule has 0 spiro atoms. The van der Waals surface area contributed by atoms with Crippen LogP contribution in [0.1, 0.15) is 46.1 Å². The number of benzene rings is 3. The molecule has 2 N–H and O–H groups in total. The third-order valence-corrected chi connectivity index (χ3v) is 6.89. The lowest BCUT2D eigenvalue weighted by molar-refractivity contribution is -0.117. The molecule has 6 heteroatoms. The Morgan fingerprint density at radius 1 is 0.943 bits per heavy atom. The minimum atomic E-state index is -0.142. The van der Waals surface area contributed by atoms with Gasteiger partial charge in [-0.1, -0.05) is 46.3 Å². The summed E-state index contributed by atoms with van der Waals surface area (Å²) in [6, 6.07) is 21.6. The van der Waals surface area contributed by atoms with Crippen LogP contribution < -0.4 is 10.6 Å². The van der Waals surface area contributed by atoms with E-state index in [1.54, 1.807) is 6.20 Å². The lowest BCUT2D eigenvalue weighted by Crippen LogP contribution is -2.14. The summed E-state index contributed by atoms with van der Waals surface area (Å²) >= 11 is 3.55. The van der Waals surface area contributed by atoms with Crippen molar-refractivity contribution in [2.45, 2.75) is 31.5 Å². The highest BCUT2D eigenvalue weighted by atomic mass is 79.9. The van der Waals surface area contributed by atoms with Crippen LogP contribution in [-0.4, -0.2) is 16.8 Å². The van der Waals surface area contributed by atoms with Gasteiger partial charge in [0, 0.05) is 33.6 Å². The number of aromatic nitrogens is 1. The Balaban J connectivity index is 1.36. The van der Waals surface area contributed by atoms with Crippen molar-refractivity contribution in [2.75, 3.05) is 10.6 Å². The van der Waals surface area contributed by atoms with Crippen LogP contribution >= 0.6 is 15.9 Å². The van der Waals surface area contributed by atoms with Crippen LogP contribution in [0, 0.1) is 12.8 Å². The monoisotopic (exact) mass is 527 g/mol. The van der Waals surface area contributed by atoms with Crippen LogP contribution in [0.2, 0.25) is 0 Å². The number of fused-ring (bicyclic) bond motifs is 1. The zero-order valence-electron chi connectivity index (χ0n) is 19.6. The van der Waals surface area contributed by atoms with Crippen molar-refractivity contribution >= 4 is 50.0 Å². The molecule has 0 saturated heterocycles. The minimum Gasteiger partial charge on any atom is -0.322 e. The van der Waals surface area contributed by atoms with Gasteiger partial charge in [-0.3, -0.25) is 9.59 Å². The molecule has 1 aliphatic carbocycles. The van der Waals surface area contributed by atoms with Crippen LogP contribution in [-0.2, 0) is 4.79 Å². The average molecular weight is 528 g/mol. The fourth-order valence-corrected chi connectivity index (χ4v) is 4.37. The molecule has 1 unspecified atom stereocenters. The molecule has 1 atom stereocenters. The summed E-state index contributed by atoms with van der Waals surface area (Å²) in [6.45, 7) is 4.11. The molecule has 2 amide bonds.